The van der Waals surface area contributed by atoms with Crippen molar-refractivity contribution in [2.75, 3.05) is 42.3 Å². The highest BCUT2D eigenvalue weighted by Gasteiger charge is 2.18. The number of hydrogen-bond donors (Lipinski definition) is 1. The average Bonchev–Trinajstić information content (AvgIpc) is 3.06. The Kier molecular flexibility index (Phi) is 6.55. The fraction of sp³-hybridized carbons (Fsp3) is 0.409. The van der Waals surface area contributed by atoms with E-state index in [1.54, 1.807) is 11.3 Å². The molecule has 0 aliphatic carbocycles. The first-order chi connectivity index (χ1) is 14.6. The lowest BCUT2D eigenvalue weighted by Crippen LogP contribution is -2.36. The van der Waals surface area contributed by atoms with Gasteiger partial charge in [-0.05, 0) is 31.5 Å². The molecule has 3 aromatic rings. The Morgan fingerprint density at radius 3 is 2.77 bits per heavy atom. The number of ether oxygens (including phenoxy) is 1. The van der Waals surface area contributed by atoms with Gasteiger partial charge in [0.15, 0.2) is 0 Å². The fourth-order valence-corrected chi connectivity index (χ4v) is 5.51. The zero-order chi connectivity index (χ0) is 21.1. The molecule has 30 heavy (non-hydrogen) atoms. The van der Waals surface area contributed by atoms with Gasteiger partial charge in [0.25, 0.3) is 0 Å². The van der Waals surface area contributed by atoms with Crippen molar-refractivity contribution in [1.82, 2.24) is 9.97 Å². The Morgan fingerprint density at radius 1 is 1.23 bits per heavy atom. The van der Waals surface area contributed by atoms with Crippen LogP contribution in [0.3, 0.4) is 0 Å². The molecule has 1 amide bonds. The van der Waals surface area contributed by atoms with Gasteiger partial charge in [-0.3, -0.25) is 4.79 Å². The molecular weight excluding hydrogens is 416 g/mol. The summed E-state index contributed by atoms with van der Waals surface area (Å²) in [6.45, 7) is 9.34. The van der Waals surface area contributed by atoms with Crippen molar-refractivity contribution >= 4 is 50.6 Å². The smallest absolute Gasteiger partial charge is 0.234 e. The highest BCUT2D eigenvalue weighted by Crippen LogP contribution is 2.35. The normalized spacial score (nSPS) is 14.3. The van der Waals surface area contributed by atoms with Crippen LogP contribution in [0.5, 0.6) is 0 Å². The maximum Gasteiger partial charge on any atom is 0.234 e. The fourth-order valence-electron chi connectivity index (χ4n) is 3.50. The van der Waals surface area contributed by atoms with E-state index in [0.717, 1.165) is 52.0 Å². The van der Waals surface area contributed by atoms with E-state index in [9.17, 15) is 4.79 Å². The number of aryl methyl sites for hydroxylation is 3. The number of carbonyl (C=O) groups is 1. The van der Waals surface area contributed by atoms with E-state index in [0.29, 0.717) is 19.0 Å². The number of fused-ring (bicyclic) bond motifs is 1. The number of rotatable bonds is 6. The molecule has 0 atom stereocenters. The summed E-state index contributed by atoms with van der Waals surface area (Å²) < 4.78 is 5.45. The second kappa shape index (κ2) is 9.32. The van der Waals surface area contributed by atoms with Crippen molar-refractivity contribution in [3.8, 4) is 0 Å². The molecular formula is C22H26N4O2S2. The van der Waals surface area contributed by atoms with E-state index in [1.807, 2.05) is 24.3 Å². The Hall–Kier alpha value is -2.16. The third-order valence-corrected chi connectivity index (χ3v) is 7.30. The second-order valence-corrected chi connectivity index (χ2v) is 9.38. The molecule has 1 fully saturated rings. The average molecular weight is 443 g/mol. The van der Waals surface area contributed by atoms with E-state index < -0.39 is 0 Å². The van der Waals surface area contributed by atoms with Crippen LogP contribution in [-0.4, -0.2) is 47.9 Å². The molecule has 0 saturated carbocycles. The van der Waals surface area contributed by atoms with Gasteiger partial charge in [-0.2, -0.15) is 0 Å². The lowest BCUT2D eigenvalue weighted by molar-refractivity contribution is -0.113. The van der Waals surface area contributed by atoms with Crippen LogP contribution in [0, 0.1) is 13.8 Å². The van der Waals surface area contributed by atoms with Gasteiger partial charge in [-0.1, -0.05) is 30.8 Å². The summed E-state index contributed by atoms with van der Waals surface area (Å²) >= 11 is 3.18. The molecule has 8 heteroatoms. The molecule has 4 rings (SSSR count). The third-order valence-electron chi connectivity index (χ3n) is 5.23. The van der Waals surface area contributed by atoms with E-state index in [-0.39, 0.29) is 5.91 Å². The number of benzene rings is 1. The van der Waals surface area contributed by atoms with Crippen LogP contribution in [0.2, 0.25) is 0 Å². The van der Waals surface area contributed by atoms with E-state index in [4.69, 9.17) is 9.72 Å². The van der Waals surface area contributed by atoms with Gasteiger partial charge >= 0.3 is 0 Å². The molecule has 0 unspecified atom stereocenters. The van der Waals surface area contributed by atoms with E-state index in [1.165, 1.54) is 22.2 Å². The SMILES string of the molecule is CCc1nc(SCC(=O)Nc2ccccc2N2CCOCC2)c2c(C)c(C)sc2n1. The van der Waals surface area contributed by atoms with Crippen molar-refractivity contribution in [2.24, 2.45) is 0 Å². The standard InChI is InChI=1S/C22H26N4O2S2/c1-4-18-24-21(20-14(2)15(3)30-22(20)25-18)29-13-19(27)23-16-7-5-6-8-17(16)26-9-11-28-12-10-26/h5-8H,4,9-13H2,1-3H3,(H,23,27). The number of hydrogen-bond acceptors (Lipinski definition) is 7. The highest BCUT2D eigenvalue weighted by molar-refractivity contribution is 8.00. The number of nitrogens with one attached hydrogen (secondary N) is 1. The molecule has 2 aromatic heterocycles. The van der Waals surface area contributed by atoms with Crippen molar-refractivity contribution in [3.63, 3.8) is 0 Å². The Morgan fingerprint density at radius 2 is 2.00 bits per heavy atom. The van der Waals surface area contributed by atoms with E-state index >= 15 is 0 Å². The monoisotopic (exact) mass is 442 g/mol. The summed E-state index contributed by atoms with van der Waals surface area (Å²) in [5.74, 6) is 1.10. The van der Waals surface area contributed by atoms with Crippen LogP contribution >= 0.6 is 23.1 Å². The molecule has 1 aliphatic heterocycles. The van der Waals surface area contributed by atoms with E-state index in [2.05, 4.69) is 36.0 Å². The van der Waals surface area contributed by atoms with Crippen LogP contribution in [0.4, 0.5) is 11.4 Å². The maximum absolute atomic E-state index is 12.8. The van der Waals surface area contributed by atoms with Crippen molar-refractivity contribution in [3.05, 3.63) is 40.5 Å². The summed E-state index contributed by atoms with van der Waals surface area (Å²) in [6, 6.07) is 7.96. The molecule has 1 N–H and O–H groups in total. The van der Waals surface area contributed by atoms with Gasteiger partial charge in [0.1, 0.15) is 15.7 Å². The quantitative estimate of drug-likeness (QED) is 0.450. The lowest BCUT2D eigenvalue weighted by atomic mass is 10.2. The predicted molar refractivity (Wildman–Crippen MR) is 125 cm³/mol. The van der Waals surface area contributed by atoms with Crippen LogP contribution in [-0.2, 0) is 16.0 Å². The first kappa shape index (κ1) is 21.1. The van der Waals surface area contributed by atoms with Gasteiger partial charge in [-0.15, -0.1) is 11.3 Å². The molecule has 1 aromatic carbocycles. The number of morpholine rings is 1. The predicted octanol–water partition coefficient (Wildman–Crippen LogP) is 4.44. The van der Waals surface area contributed by atoms with Crippen LogP contribution < -0.4 is 10.2 Å². The summed E-state index contributed by atoms with van der Waals surface area (Å²) in [5.41, 5.74) is 3.09. The second-order valence-electron chi connectivity index (χ2n) is 7.22. The number of thioether (sulfide) groups is 1. The van der Waals surface area contributed by atoms with Gasteiger partial charge in [0.05, 0.1) is 30.3 Å². The van der Waals surface area contributed by atoms with Crippen molar-refractivity contribution < 1.29 is 9.53 Å². The number of anilines is 2. The molecule has 0 bridgehead atoms. The molecule has 158 valence electrons. The molecule has 0 radical (unpaired) electrons. The van der Waals surface area contributed by atoms with Gasteiger partial charge in [0.2, 0.25) is 5.91 Å². The van der Waals surface area contributed by atoms with Gasteiger partial charge in [-0.25, -0.2) is 9.97 Å². The van der Waals surface area contributed by atoms with Crippen molar-refractivity contribution in [1.29, 1.82) is 0 Å². The Balaban J connectivity index is 1.50. The zero-order valence-corrected chi connectivity index (χ0v) is 19.2. The molecule has 6 nitrogen and oxygen atoms in total. The Bertz CT molecular complexity index is 1060. The van der Waals surface area contributed by atoms with Crippen molar-refractivity contribution in [2.45, 2.75) is 32.2 Å². The topological polar surface area (TPSA) is 67.4 Å². The number of thiophene rings is 1. The minimum absolute atomic E-state index is 0.0323. The Labute approximate surface area is 185 Å². The number of carbonyl (C=O) groups excluding carboxylic acids is 1. The largest absolute Gasteiger partial charge is 0.378 e. The summed E-state index contributed by atoms with van der Waals surface area (Å²) in [4.78, 5) is 26.7. The zero-order valence-electron chi connectivity index (χ0n) is 17.5. The van der Waals surface area contributed by atoms with Crippen LogP contribution in [0.1, 0.15) is 23.2 Å². The summed E-state index contributed by atoms with van der Waals surface area (Å²) in [5, 5.41) is 5.07. The third kappa shape index (κ3) is 4.45. The maximum atomic E-state index is 12.8. The number of amides is 1. The minimum atomic E-state index is -0.0323. The summed E-state index contributed by atoms with van der Waals surface area (Å²) in [7, 11) is 0. The number of aromatic nitrogens is 2. The van der Waals surface area contributed by atoms with Crippen LogP contribution in [0.25, 0.3) is 10.2 Å². The van der Waals surface area contributed by atoms with Crippen LogP contribution in [0.15, 0.2) is 29.3 Å². The van der Waals surface area contributed by atoms with Gasteiger partial charge in [0, 0.05) is 29.8 Å². The lowest BCUT2D eigenvalue weighted by Gasteiger charge is -2.30. The first-order valence-electron chi connectivity index (χ1n) is 10.2. The first-order valence-corrected chi connectivity index (χ1v) is 12.0. The van der Waals surface area contributed by atoms with Gasteiger partial charge < -0.3 is 15.0 Å². The number of nitrogens with zero attached hydrogens (tertiary/aromatic N) is 3. The summed E-state index contributed by atoms with van der Waals surface area (Å²) in [6.07, 6.45) is 0.776. The molecule has 1 saturated heterocycles. The molecule has 3 heterocycles. The molecule has 0 spiro atoms. The number of para-hydroxylation sites is 2. The minimum Gasteiger partial charge on any atom is -0.378 e. The molecule has 1 aliphatic rings. The highest BCUT2D eigenvalue weighted by atomic mass is 32.2.